The molecule has 2 aromatic rings. The lowest BCUT2D eigenvalue weighted by Crippen LogP contribution is -2.35. The van der Waals surface area contributed by atoms with Gasteiger partial charge in [0.25, 0.3) is 0 Å². The lowest BCUT2D eigenvalue weighted by molar-refractivity contribution is -0.140. The van der Waals surface area contributed by atoms with Crippen LogP contribution in [0.25, 0.3) is 0 Å². The van der Waals surface area contributed by atoms with Gasteiger partial charge in [-0.25, -0.2) is 0 Å². The van der Waals surface area contributed by atoms with Crippen molar-refractivity contribution >= 4 is 46.0 Å². The lowest BCUT2D eigenvalue weighted by Gasteiger charge is -2.16. The Kier molecular flexibility index (Phi) is 5.16. The summed E-state index contributed by atoms with van der Waals surface area (Å²) in [6.45, 7) is 0.115. The van der Waals surface area contributed by atoms with Gasteiger partial charge in [-0.05, 0) is 23.8 Å². The number of hydrogen-bond acceptors (Lipinski definition) is 7. The van der Waals surface area contributed by atoms with E-state index < -0.39 is 0 Å². The van der Waals surface area contributed by atoms with Gasteiger partial charge in [0, 0.05) is 18.7 Å². The van der Waals surface area contributed by atoms with Crippen molar-refractivity contribution in [3.05, 3.63) is 48.0 Å². The SMILES string of the molecule is O=C(CCN1C(=O)[C@H]2[C@H](C1=O)[C@H]1C=C[C@H]2C1)Nc1nnc(SCc2ccccc2)s1. The summed E-state index contributed by atoms with van der Waals surface area (Å²) in [4.78, 5) is 38.9. The van der Waals surface area contributed by atoms with Gasteiger partial charge in [0.1, 0.15) is 0 Å². The van der Waals surface area contributed by atoms with Crippen LogP contribution in [0.2, 0.25) is 0 Å². The monoisotopic (exact) mass is 440 g/mol. The molecule has 3 aliphatic rings. The fourth-order valence-electron chi connectivity index (χ4n) is 4.62. The molecule has 1 saturated heterocycles. The maximum Gasteiger partial charge on any atom is 0.233 e. The van der Waals surface area contributed by atoms with Gasteiger partial charge in [0.2, 0.25) is 22.9 Å². The molecule has 2 heterocycles. The predicted molar refractivity (Wildman–Crippen MR) is 114 cm³/mol. The van der Waals surface area contributed by atoms with Crippen LogP contribution in [0.15, 0.2) is 46.8 Å². The molecule has 0 spiro atoms. The van der Waals surface area contributed by atoms with E-state index in [1.807, 2.05) is 30.3 Å². The first kappa shape index (κ1) is 19.4. The number of carbonyl (C=O) groups excluding carboxylic acids is 3. The number of allylic oxidation sites excluding steroid dienone is 2. The molecule has 7 nitrogen and oxygen atoms in total. The molecule has 0 radical (unpaired) electrons. The molecular weight excluding hydrogens is 420 g/mol. The first-order valence-corrected chi connectivity index (χ1v) is 11.7. The summed E-state index contributed by atoms with van der Waals surface area (Å²) in [5.41, 5.74) is 1.19. The number of thioether (sulfide) groups is 1. The highest BCUT2D eigenvalue weighted by Gasteiger charge is 2.59. The van der Waals surface area contributed by atoms with Crippen LogP contribution >= 0.6 is 23.1 Å². The highest BCUT2D eigenvalue weighted by Crippen LogP contribution is 2.52. The Balaban J connectivity index is 1.12. The quantitative estimate of drug-likeness (QED) is 0.308. The Morgan fingerprint density at radius 2 is 1.80 bits per heavy atom. The molecule has 1 aliphatic heterocycles. The summed E-state index contributed by atoms with van der Waals surface area (Å²) in [7, 11) is 0. The summed E-state index contributed by atoms with van der Waals surface area (Å²) in [6.07, 6.45) is 5.10. The van der Waals surface area contributed by atoms with Crippen LogP contribution in [0, 0.1) is 23.7 Å². The van der Waals surface area contributed by atoms with E-state index in [1.54, 1.807) is 11.8 Å². The number of amides is 3. The van der Waals surface area contributed by atoms with Gasteiger partial charge in [-0.15, -0.1) is 10.2 Å². The van der Waals surface area contributed by atoms with E-state index in [9.17, 15) is 14.4 Å². The third-order valence-corrected chi connectivity index (χ3v) is 8.03. The van der Waals surface area contributed by atoms with Crippen molar-refractivity contribution in [1.82, 2.24) is 15.1 Å². The number of carbonyl (C=O) groups is 3. The summed E-state index contributed by atoms with van der Waals surface area (Å²) >= 11 is 2.88. The normalized spacial score (nSPS) is 26.5. The van der Waals surface area contributed by atoms with Gasteiger partial charge >= 0.3 is 0 Å². The molecule has 1 aromatic carbocycles. The third-order valence-electron chi connectivity index (χ3n) is 5.98. The molecule has 2 aliphatic carbocycles. The zero-order valence-corrected chi connectivity index (χ0v) is 17.7. The Morgan fingerprint density at radius 3 is 2.50 bits per heavy atom. The Bertz CT molecular complexity index is 992. The maximum atomic E-state index is 12.7. The molecular formula is C21H20N4O3S2. The average molecular weight is 441 g/mol. The zero-order chi connectivity index (χ0) is 20.7. The number of nitrogens with zero attached hydrogens (tertiary/aromatic N) is 3. The predicted octanol–water partition coefficient (Wildman–Crippen LogP) is 2.97. The van der Waals surface area contributed by atoms with Crippen LogP contribution < -0.4 is 5.32 Å². The number of nitrogens with one attached hydrogen (secondary N) is 1. The minimum absolute atomic E-state index is 0.0613. The molecule has 154 valence electrons. The second kappa shape index (κ2) is 7.96. The van der Waals surface area contributed by atoms with Crippen molar-refractivity contribution in [2.24, 2.45) is 23.7 Å². The van der Waals surface area contributed by atoms with E-state index >= 15 is 0 Å². The Hall–Kier alpha value is -2.52. The molecule has 1 N–H and O–H groups in total. The smallest absolute Gasteiger partial charge is 0.233 e. The van der Waals surface area contributed by atoms with Crippen molar-refractivity contribution in [3.8, 4) is 0 Å². The molecule has 9 heteroatoms. The number of fused-ring (bicyclic) bond motifs is 5. The Labute approximate surface area is 181 Å². The molecule has 3 amide bonds. The summed E-state index contributed by atoms with van der Waals surface area (Å²) in [5.74, 6) is 0.194. The number of aromatic nitrogens is 2. The minimum atomic E-state index is -0.274. The number of anilines is 1. The number of hydrogen-bond donors (Lipinski definition) is 1. The number of imide groups is 1. The summed E-state index contributed by atoms with van der Waals surface area (Å²) < 4.78 is 0.773. The standard InChI is InChI=1S/C21H20N4O3S2/c26-15(22-20-23-24-21(30-20)29-11-12-4-2-1-3-5-12)8-9-25-18(27)16-13-6-7-14(10-13)17(16)19(25)28/h1-7,13-14,16-17H,8-11H2,(H,22,23,26)/t13-,14-,16+,17+/m0/s1. The lowest BCUT2D eigenvalue weighted by atomic mass is 9.85. The van der Waals surface area contributed by atoms with Crippen LogP contribution in [0.3, 0.4) is 0 Å². The van der Waals surface area contributed by atoms with Crippen LogP contribution in [-0.2, 0) is 20.1 Å². The number of benzene rings is 1. The second-order valence-corrected chi connectivity index (χ2v) is 9.97. The van der Waals surface area contributed by atoms with Crippen molar-refractivity contribution in [2.75, 3.05) is 11.9 Å². The van der Waals surface area contributed by atoms with Gasteiger partial charge < -0.3 is 5.32 Å². The first-order valence-electron chi connectivity index (χ1n) is 9.94. The average Bonchev–Trinajstić information content (AvgIpc) is 3.52. The highest BCUT2D eigenvalue weighted by atomic mass is 32.2. The Morgan fingerprint density at radius 1 is 1.10 bits per heavy atom. The number of likely N-dealkylation sites (tertiary alicyclic amines) is 1. The summed E-state index contributed by atoms with van der Waals surface area (Å²) in [6, 6.07) is 10.1. The van der Waals surface area contributed by atoms with Gasteiger partial charge in [-0.3, -0.25) is 19.3 Å². The second-order valence-electron chi connectivity index (χ2n) is 7.77. The van der Waals surface area contributed by atoms with Crippen LogP contribution in [-0.4, -0.2) is 39.4 Å². The van der Waals surface area contributed by atoms with Crippen LogP contribution in [0.5, 0.6) is 0 Å². The summed E-state index contributed by atoms with van der Waals surface area (Å²) in [5, 5.41) is 11.3. The third kappa shape index (κ3) is 3.56. The fraction of sp³-hybridized carbons (Fsp3) is 0.381. The molecule has 5 rings (SSSR count). The van der Waals surface area contributed by atoms with Gasteiger partial charge in [-0.1, -0.05) is 65.6 Å². The zero-order valence-electron chi connectivity index (χ0n) is 16.1. The molecule has 0 unspecified atom stereocenters. The van der Waals surface area contributed by atoms with Gasteiger partial charge in [-0.2, -0.15) is 0 Å². The number of rotatable bonds is 7. The molecule has 4 atom stereocenters. The van der Waals surface area contributed by atoms with Crippen molar-refractivity contribution in [3.63, 3.8) is 0 Å². The van der Waals surface area contributed by atoms with Gasteiger partial charge in [0.05, 0.1) is 11.8 Å². The maximum absolute atomic E-state index is 12.7. The van der Waals surface area contributed by atoms with E-state index in [0.717, 1.165) is 16.5 Å². The first-order chi connectivity index (χ1) is 14.6. The topological polar surface area (TPSA) is 92.3 Å². The molecule has 1 saturated carbocycles. The molecule has 2 fully saturated rings. The van der Waals surface area contributed by atoms with Crippen LogP contribution in [0.4, 0.5) is 5.13 Å². The highest BCUT2D eigenvalue weighted by molar-refractivity contribution is 8.00. The minimum Gasteiger partial charge on any atom is -0.300 e. The van der Waals surface area contributed by atoms with Crippen molar-refractivity contribution in [1.29, 1.82) is 0 Å². The fourth-order valence-corrected chi connectivity index (χ4v) is 6.34. The van der Waals surface area contributed by atoms with E-state index in [1.165, 1.54) is 21.8 Å². The molecule has 1 aromatic heterocycles. The van der Waals surface area contributed by atoms with Gasteiger partial charge in [0.15, 0.2) is 4.34 Å². The van der Waals surface area contributed by atoms with Crippen molar-refractivity contribution < 1.29 is 14.4 Å². The largest absolute Gasteiger partial charge is 0.300 e. The van der Waals surface area contributed by atoms with Crippen molar-refractivity contribution in [2.45, 2.75) is 22.9 Å². The van der Waals surface area contributed by atoms with E-state index in [4.69, 9.17) is 0 Å². The van der Waals surface area contributed by atoms with E-state index in [-0.39, 0.29) is 54.4 Å². The van der Waals surface area contributed by atoms with E-state index in [2.05, 4.69) is 27.7 Å². The van der Waals surface area contributed by atoms with E-state index in [0.29, 0.717) is 5.13 Å². The molecule has 2 bridgehead atoms. The van der Waals surface area contributed by atoms with Crippen LogP contribution in [0.1, 0.15) is 18.4 Å². The molecule has 30 heavy (non-hydrogen) atoms.